The number of hydrogen-bond donors (Lipinski definition) is 0. The second-order valence-electron chi connectivity index (χ2n) is 14.9. The lowest BCUT2D eigenvalue weighted by Gasteiger charge is -2.27. The third kappa shape index (κ3) is 4.88. The second-order valence-corrected chi connectivity index (χ2v) is 14.9. The first-order valence-corrected chi connectivity index (χ1v) is 19.8. The van der Waals surface area contributed by atoms with Crippen LogP contribution in [0.3, 0.4) is 0 Å². The normalized spacial score (nSPS) is 11.8. The highest BCUT2D eigenvalue weighted by atomic mass is 16.3. The van der Waals surface area contributed by atoms with E-state index in [-0.39, 0.29) is 0 Å². The van der Waals surface area contributed by atoms with Gasteiger partial charge in [0.2, 0.25) is 0 Å². The molecule has 12 rings (SSSR count). The number of furan rings is 1. The van der Waals surface area contributed by atoms with Crippen LogP contribution in [-0.4, -0.2) is 9.13 Å². The molecule has 0 atom stereocenters. The summed E-state index contributed by atoms with van der Waals surface area (Å²) < 4.78 is 11.2. The molecular weight excluding hydrogens is 707 g/mol. The summed E-state index contributed by atoms with van der Waals surface area (Å²) in [6.45, 7) is 0. The van der Waals surface area contributed by atoms with Crippen molar-refractivity contribution in [1.82, 2.24) is 9.13 Å². The van der Waals surface area contributed by atoms with Gasteiger partial charge in [-0.1, -0.05) is 127 Å². The molecule has 0 amide bonds. The van der Waals surface area contributed by atoms with Crippen LogP contribution in [-0.2, 0) is 0 Å². The Hall–Kier alpha value is -7.82. The summed E-state index contributed by atoms with van der Waals surface area (Å²) in [5, 5.41) is 7.07. The summed E-state index contributed by atoms with van der Waals surface area (Å²) in [5.41, 5.74) is 14.3. The van der Waals surface area contributed by atoms with Crippen LogP contribution in [0, 0.1) is 0 Å². The van der Waals surface area contributed by atoms with E-state index in [1.165, 1.54) is 43.7 Å². The third-order valence-corrected chi connectivity index (χ3v) is 11.7. The van der Waals surface area contributed by atoms with Crippen LogP contribution in [0.2, 0.25) is 0 Å². The molecule has 0 aliphatic rings. The standard InChI is InChI=1S/C54H35N3O/c1-3-15-38(16-4-1)55-46-23-11-8-20-43(46)53-47(55)24-13-25-48(53)57(49-26-14-28-52-54(49)44-21-9-12-27-51(44)58-52)40-32-29-36(30-33-40)37-31-34-42-41-19-7-10-22-45(41)56(50(42)35-37)39-17-5-2-6-18-39/h1-35H. The van der Waals surface area contributed by atoms with Crippen LogP contribution in [0.5, 0.6) is 0 Å². The van der Waals surface area contributed by atoms with E-state index < -0.39 is 0 Å². The average molecular weight is 742 g/mol. The predicted molar refractivity (Wildman–Crippen MR) is 243 cm³/mol. The number of anilines is 3. The van der Waals surface area contributed by atoms with Gasteiger partial charge in [-0.3, -0.25) is 0 Å². The third-order valence-electron chi connectivity index (χ3n) is 11.7. The first-order chi connectivity index (χ1) is 28.8. The highest BCUT2D eigenvalue weighted by molar-refractivity contribution is 6.19. The lowest BCUT2D eigenvalue weighted by molar-refractivity contribution is 0.669. The van der Waals surface area contributed by atoms with Gasteiger partial charge in [0, 0.05) is 44.0 Å². The number of fused-ring (bicyclic) bond motifs is 9. The fraction of sp³-hybridized carbons (Fsp3) is 0. The van der Waals surface area contributed by atoms with E-state index >= 15 is 0 Å². The van der Waals surface area contributed by atoms with Crippen LogP contribution in [0.25, 0.3) is 88.1 Å². The minimum absolute atomic E-state index is 0.862. The molecule has 0 N–H and O–H groups in total. The summed E-state index contributed by atoms with van der Waals surface area (Å²) in [7, 11) is 0. The number of aromatic nitrogens is 2. The quantitative estimate of drug-likeness (QED) is 0.170. The van der Waals surface area contributed by atoms with Crippen LogP contribution >= 0.6 is 0 Å². The van der Waals surface area contributed by atoms with Crippen molar-refractivity contribution in [3.8, 4) is 22.5 Å². The zero-order valence-electron chi connectivity index (χ0n) is 31.5. The summed E-state index contributed by atoms with van der Waals surface area (Å²) in [4.78, 5) is 2.43. The van der Waals surface area contributed by atoms with E-state index in [9.17, 15) is 0 Å². The Balaban J connectivity index is 1.08. The summed E-state index contributed by atoms with van der Waals surface area (Å²) in [5.74, 6) is 0. The van der Waals surface area contributed by atoms with Gasteiger partial charge in [0.05, 0.1) is 38.8 Å². The van der Waals surface area contributed by atoms with Gasteiger partial charge in [-0.05, 0) is 96.1 Å². The Kier molecular flexibility index (Phi) is 7.20. The number of para-hydroxylation sites is 5. The van der Waals surface area contributed by atoms with Gasteiger partial charge in [0.25, 0.3) is 0 Å². The van der Waals surface area contributed by atoms with E-state index in [4.69, 9.17) is 4.42 Å². The van der Waals surface area contributed by atoms with Crippen molar-refractivity contribution in [2.24, 2.45) is 0 Å². The number of benzene rings is 9. The number of nitrogens with zero attached hydrogens (tertiary/aromatic N) is 3. The Bertz CT molecular complexity index is 3500. The van der Waals surface area contributed by atoms with Gasteiger partial charge in [-0.15, -0.1) is 0 Å². The minimum atomic E-state index is 0.862. The van der Waals surface area contributed by atoms with Gasteiger partial charge in [0.15, 0.2) is 0 Å². The molecular formula is C54H35N3O. The molecule has 3 aromatic heterocycles. The Morgan fingerprint density at radius 1 is 0.328 bits per heavy atom. The molecule has 0 bridgehead atoms. The zero-order chi connectivity index (χ0) is 38.2. The van der Waals surface area contributed by atoms with Crippen LogP contribution in [0.4, 0.5) is 17.1 Å². The van der Waals surface area contributed by atoms with Crippen molar-refractivity contribution >= 4 is 82.6 Å². The average Bonchev–Trinajstić information content (AvgIpc) is 3.95. The molecule has 0 saturated heterocycles. The van der Waals surface area contributed by atoms with Gasteiger partial charge in [-0.25, -0.2) is 0 Å². The van der Waals surface area contributed by atoms with Crippen LogP contribution in [0.15, 0.2) is 217 Å². The molecule has 0 aliphatic heterocycles. The summed E-state index contributed by atoms with van der Waals surface area (Å²) >= 11 is 0. The van der Waals surface area contributed by atoms with Crippen molar-refractivity contribution in [1.29, 1.82) is 0 Å². The van der Waals surface area contributed by atoms with E-state index in [1.54, 1.807) is 0 Å². The second kappa shape index (κ2) is 12.9. The van der Waals surface area contributed by atoms with Crippen LogP contribution < -0.4 is 4.90 Å². The van der Waals surface area contributed by atoms with Gasteiger partial charge >= 0.3 is 0 Å². The molecule has 9 aromatic carbocycles. The fourth-order valence-corrected chi connectivity index (χ4v) is 9.20. The number of rotatable bonds is 6. The summed E-state index contributed by atoms with van der Waals surface area (Å²) in [6, 6.07) is 76.1. The maximum atomic E-state index is 6.48. The maximum absolute atomic E-state index is 6.48. The number of hydrogen-bond acceptors (Lipinski definition) is 2. The molecule has 0 fully saturated rings. The first-order valence-electron chi connectivity index (χ1n) is 19.8. The Labute approximate surface area is 334 Å². The van der Waals surface area contributed by atoms with Crippen molar-refractivity contribution < 1.29 is 4.42 Å². The molecule has 0 unspecified atom stereocenters. The molecule has 0 aliphatic carbocycles. The van der Waals surface area contributed by atoms with E-state index in [1.807, 2.05) is 6.07 Å². The Morgan fingerprint density at radius 3 is 1.59 bits per heavy atom. The van der Waals surface area contributed by atoms with Crippen molar-refractivity contribution in [2.75, 3.05) is 4.90 Å². The van der Waals surface area contributed by atoms with E-state index in [0.717, 1.165) is 61.5 Å². The molecule has 58 heavy (non-hydrogen) atoms. The molecule has 0 radical (unpaired) electrons. The highest BCUT2D eigenvalue weighted by Crippen LogP contribution is 2.47. The zero-order valence-corrected chi connectivity index (χ0v) is 31.5. The van der Waals surface area contributed by atoms with E-state index in [2.05, 4.69) is 220 Å². The smallest absolute Gasteiger partial charge is 0.137 e. The molecule has 12 aromatic rings. The lowest BCUT2D eigenvalue weighted by Crippen LogP contribution is -2.11. The van der Waals surface area contributed by atoms with Gasteiger partial charge < -0.3 is 18.5 Å². The monoisotopic (exact) mass is 741 g/mol. The van der Waals surface area contributed by atoms with E-state index in [0.29, 0.717) is 0 Å². The molecule has 4 nitrogen and oxygen atoms in total. The molecule has 0 spiro atoms. The van der Waals surface area contributed by atoms with Crippen LogP contribution in [0.1, 0.15) is 0 Å². The SMILES string of the molecule is c1ccc(-n2c3ccccc3c3ccc(-c4ccc(N(c5cccc6oc7ccccc7c56)c5cccc6c5c5ccccc5n6-c5ccccc5)cc4)cc32)cc1. The first kappa shape index (κ1) is 32.4. The van der Waals surface area contributed by atoms with Crippen molar-refractivity contribution in [2.45, 2.75) is 0 Å². The van der Waals surface area contributed by atoms with Gasteiger partial charge in [0.1, 0.15) is 11.2 Å². The van der Waals surface area contributed by atoms with Crippen molar-refractivity contribution in [3.05, 3.63) is 212 Å². The molecule has 3 heterocycles. The maximum Gasteiger partial charge on any atom is 0.137 e. The summed E-state index contributed by atoms with van der Waals surface area (Å²) in [6.07, 6.45) is 0. The topological polar surface area (TPSA) is 26.2 Å². The fourth-order valence-electron chi connectivity index (χ4n) is 9.20. The minimum Gasteiger partial charge on any atom is -0.456 e. The van der Waals surface area contributed by atoms with Gasteiger partial charge in [-0.2, -0.15) is 0 Å². The predicted octanol–water partition coefficient (Wildman–Crippen LogP) is 14.9. The lowest BCUT2D eigenvalue weighted by atomic mass is 10.0. The van der Waals surface area contributed by atoms with Crippen molar-refractivity contribution in [3.63, 3.8) is 0 Å². The highest BCUT2D eigenvalue weighted by Gasteiger charge is 2.24. The largest absolute Gasteiger partial charge is 0.456 e. The molecule has 272 valence electrons. The molecule has 0 saturated carbocycles. The molecule has 4 heteroatoms. The Morgan fingerprint density at radius 2 is 0.845 bits per heavy atom.